The van der Waals surface area contributed by atoms with Crippen molar-refractivity contribution in [2.45, 2.75) is 6.42 Å². The summed E-state index contributed by atoms with van der Waals surface area (Å²) in [6.07, 6.45) is 0.359. The Morgan fingerprint density at radius 3 is 2.74 bits per heavy atom. The van der Waals surface area contributed by atoms with Crippen LogP contribution in [-0.2, 0) is 6.42 Å². The van der Waals surface area contributed by atoms with Gasteiger partial charge in [0.2, 0.25) is 0 Å². The second kappa shape index (κ2) is 4.79. The molecule has 0 radical (unpaired) electrons. The highest BCUT2D eigenvalue weighted by atomic mass is 35.5. The van der Waals surface area contributed by atoms with Crippen molar-refractivity contribution >= 4 is 34.4 Å². The van der Waals surface area contributed by atoms with E-state index in [0.717, 1.165) is 0 Å². The van der Waals surface area contributed by atoms with Crippen molar-refractivity contribution in [1.29, 1.82) is 0 Å². The quantitative estimate of drug-likeness (QED) is 0.726. The second-order valence-electron chi connectivity index (χ2n) is 4.08. The smallest absolute Gasteiger partial charge is 0.179 e. The molecule has 19 heavy (non-hydrogen) atoms. The van der Waals surface area contributed by atoms with Gasteiger partial charge < -0.3 is 4.98 Å². The zero-order chi connectivity index (χ0) is 13.4. The zero-order valence-corrected chi connectivity index (χ0v) is 11.1. The van der Waals surface area contributed by atoms with Crippen LogP contribution in [0.1, 0.15) is 11.4 Å². The van der Waals surface area contributed by atoms with Crippen LogP contribution in [-0.4, -0.2) is 15.0 Å². The molecule has 0 atom stereocenters. The number of pyridine rings is 1. The molecule has 3 rings (SSSR count). The van der Waals surface area contributed by atoms with Gasteiger partial charge in [-0.2, -0.15) is 0 Å². The first-order chi connectivity index (χ1) is 9.13. The molecule has 0 fully saturated rings. The van der Waals surface area contributed by atoms with Gasteiger partial charge in [-0.25, -0.2) is 14.4 Å². The van der Waals surface area contributed by atoms with Gasteiger partial charge in [0.25, 0.3) is 0 Å². The van der Waals surface area contributed by atoms with Crippen LogP contribution >= 0.6 is 23.2 Å². The molecule has 0 bridgehead atoms. The highest BCUT2D eigenvalue weighted by Crippen LogP contribution is 2.23. The Labute approximate surface area is 118 Å². The number of aromatic nitrogens is 3. The molecule has 0 amide bonds. The number of hydrogen-bond donors (Lipinski definition) is 1. The van der Waals surface area contributed by atoms with E-state index in [1.807, 2.05) is 0 Å². The number of rotatable bonds is 2. The van der Waals surface area contributed by atoms with Crippen LogP contribution in [0, 0.1) is 5.82 Å². The van der Waals surface area contributed by atoms with Crippen molar-refractivity contribution in [3.63, 3.8) is 0 Å². The molecular weight excluding hydrogens is 288 g/mol. The van der Waals surface area contributed by atoms with Crippen LogP contribution in [0.2, 0.25) is 10.2 Å². The van der Waals surface area contributed by atoms with E-state index in [0.29, 0.717) is 34.0 Å². The van der Waals surface area contributed by atoms with Crippen molar-refractivity contribution in [1.82, 2.24) is 15.0 Å². The van der Waals surface area contributed by atoms with Gasteiger partial charge in [0.15, 0.2) is 5.65 Å². The number of fused-ring (bicyclic) bond motifs is 1. The van der Waals surface area contributed by atoms with Crippen molar-refractivity contribution in [3.8, 4) is 0 Å². The minimum absolute atomic E-state index is 0.207. The SMILES string of the molecule is Fc1ccccc1Cc1nc2nc(Cl)c(Cl)cc2[nH]1. The Bertz CT molecular complexity index is 716. The van der Waals surface area contributed by atoms with Gasteiger partial charge in [0.05, 0.1) is 10.5 Å². The molecule has 2 aromatic heterocycles. The maximum absolute atomic E-state index is 13.6. The molecule has 1 N–H and O–H groups in total. The number of aromatic amines is 1. The third-order valence-electron chi connectivity index (χ3n) is 2.75. The fourth-order valence-electron chi connectivity index (χ4n) is 1.85. The van der Waals surface area contributed by atoms with Gasteiger partial charge >= 0.3 is 0 Å². The summed E-state index contributed by atoms with van der Waals surface area (Å²) >= 11 is 11.7. The Morgan fingerprint density at radius 1 is 1.16 bits per heavy atom. The van der Waals surface area contributed by atoms with Gasteiger partial charge in [0, 0.05) is 6.42 Å². The molecule has 1 aromatic carbocycles. The number of H-pyrrole nitrogens is 1. The average Bonchev–Trinajstić information content (AvgIpc) is 2.74. The lowest BCUT2D eigenvalue weighted by Gasteiger charge is -1.99. The number of halogens is 3. The zero-order valence-electron chi connectivity index (χ0n) is 9.62. The van der Waals surface area contributed by atoms with Gasteiger partial charge in [-0.05, 0) is 17.7 Å². The lowest BCUT2D eigenvalue weighted by molar-refractivity contribution is 0.612. The van der Waals surface area contributed by atoms with Crippen LogP contribution in [0.3, 0.4) is 0 Å². The van der Waals surface area contributed by atoms with Gasteiger partial charge in [-0.3, -0.25) is 0 Å². The van der Waals surface area contributed by atoms with E-state index < -0.39 is 0 Å². The highest BCUT2D eigenvalue weighted by Gasteiger charge is 2.10. The van der Waals surface area contributed by atoms with E-state index in [2.05, 4.69) is 15.0 Å². The van der Waals surface area contributed by atoms with Crippen LogP contribution in [0.15, 0.2) is 30.3 Å². The molecule has 0 aliphatic rings. The number of nitrogens with one attached hydrogen (secondary N) is 1. The minimum Gasteiger partial charge on any atom is -0.340 e. The van der Waals surface area contributed by atoms with Gasteiger partial charge in [-0.1, -0.05) is 41.4 Å². The summed E-state index contributed by atoms with van der Waals surface area (Å²) in [5.74, 6) is 0.359. The number of nitrogens with zero attached hydrogens (tertiary/aromatic N) is 2. The predicted octanol–water partition coefficient (Wildman–Crippen LogP) is 3.99. The summed E-state index contributed by atoms with van der Waals surface area (Å²) in [6, 6.07) is 8.23. The molecule has 0 saturated carbocycles. The monoisotopic (exact) mass is 295 g/mol. The van der Waals surface area contributed by atoms with E-state index in [1.165, 1.54) is 6.07 Å². The molecule has 0 spiro atoms. The molecule has 2 heterocycles. The number of imidazole rings is 1. The summed E-state index contributed by atoms with van der Waals surface area (Å²) in [4.78, 5) is 11.4. The van der Waals surface area contributed by atoms with Crippen LogP contribution < -0.4 is 0 Å². The standard InChI is InChI=1S/C13H8Cl2FN3/c14-8-6-10-13(19-12(8)15)18-11(17-10)5-7-3-1-2-4-9(7)16/h1-4,6H,5H2,(H,17,18,19). The molecule has 3 aromatic rings. The van der Waals surface area contributed by atoms with E-state index in [1.54, 1.807) is 24.3 Å². The third kappa shape index (κ3) is 2.41. The largest absolute Gasteiger partial charge is 0.340 e. The fraction of sp³-hybridized carbons (Fsp3) is 0.0769. The lowest BCUT2D eigenvalue weighted by Crippen LogP contribution is -1.93. The van der Waals surface area contributed by atoms with Crippen LogP contribution in [0.4, 0.5) is 4.39 Å². The Hall–Kier alpha value is -1.65. The van der Waals surface area contributed by atoms with Crippen molar-refractivity contribution < 1.29 is 4.39 Å². The minimum atomic E-state index is -0.257. The molecular formula is C13H8Cl2FN3. The van der Waals surface area contributed by atoms with Crippen molar-refractivity contribution in [2.75, 3.05) is 0 Å². The summed E-state index contributed by atoms with van der Waals surface area (Å²) in [5.41, 5.74) is 1.72. The molecule has 96 valence electrons. The predicted molar refractivity (Wildman–Crippen MR) is 73.1 cm³/mol. The van der Waals surface area contributed by atoms with Crippen molar-refractivity contribution in [2.24, 2.45) is 0 Å². The van der Waals surface area contributed by atoms with Crippen molar-refractivity contribution in [3.05, 3.63) is 57.7 Å². The summed E-state index contributed by atoms with van der Waals surface area (Å²) < 4.78 is 13.6. The van der Waals surface area contributed by atoms with Crippen LogP contribution in [0.25, 0.3) is 11.2 Å². The van der Waals surface area contributed by atoms with E-state index in [9.17, 15) is 4.39 Å². The Kier molecular flexibility index (Phi) is 3.12. The molecule has 0 aliphatic carbocycles. The van der Waals surface area contributed by atoms with E-state index >= 15 is 0 Å². The number of hydrogen-bond acceptors (Lipinski definition) is 2. The molecule has 6 heteroatoms. The summed E-state index contributed by atoms with van der Waals surface area (Å²) in [7, 11) is 0. The van der Waals surface area contributed by atoms with Gasteiger partial charge in [-0.15, -0.1) is 0 Å². The lowest BCUT2D eigenvalue weighted by atomic mass is 10.1. The Morgan fingerprint density at radius 2 is 1.95 bits per heavy atom. The first-order valence-electron chi connectivity index (χ1n) is 5.57. The van der Waals surface area contributed by atoms with E-state index in [4.69, 9.17) is 23.2 Å². The normalized spacial score (nSPS) is 11.1. The van der Waals surface area contributed by atoms with Gasteiger partial charge in [0.1, 0.15) is 16.8 Å². The van der Waals surface area contributed by atoms with Crippen LogP contribution in [0.5, 0.6) is 0 Å². The molecule has 3 nitrogen and oxygen atoms in total. The third-order valence-corrected chi connectivity index (χ3v) is 3.42. The Balaban J connectivity index is 2.00. The number of benzene rings is 1. The maximum Gasteiger partial charge on any atom is 0.179 e. The topological polar surface area (TPSA) is 41.6 Å². The molecule has 0 saturated heterocycles. The molecule has 0 unspecified atom stereocenters. The molecule has 0 aliphatic heterocycles. The first-order valence-corrected chi connectivity index (χ1v) is 6.33. The van der Waals surface area contributed by atoms with E-state index in [-0.39, 0.29) is 11.0 Å². The summed E-state index contributed by atoms with van der Waals surface area (Å²) in [5, 5.41) is 0.563. The maximum atomic E-state index is 13.6. The first kappa shape index (κ1) is 12.4. The summed E-state index contributed by atoms with van der Waals surface area (Å²) in [6.45, 7) is 0. The second-order valence-corrected chi connectivity index (χ2v) is 4.85. The fourth-order valence-corrected chi connectivity index (χ4v) is 2.14. The highest BCUT2D eigenvalue weighted by molar-refractivity contribution is 6.41. The average molecular weight is 296 g/mol.